The molecule has 2 heterocycles. The first-order chi connectivity index (χ1) is 8.67. The second-order valence-electron chi connectivity index (χ2n) is 3.53. The SMILES string of the molecule is NNC(=O)C1C=C(C(=O)N=O)c2cnccc2N1. The first kappa shape index (κ1) is 11.9. The van der Waals surface area contributed by atoms with Crippen LogP contribution in [-0.2, 0) is 9.59 Å². The van der Waals surface area contributed by atoms with Crippen molar-refractivity contribution in [3.63, 3.8) is 0 Å². The van der Waals surface area contributed by atoms with Gasteiger partial charge in [0.2, 0.25) is 0 Å². The number of amides is 2. The van der Waals surface area contributed by atoms with E-state index in [1.54, 1.807) is 6.07 Å². The van der Waals surface area contributed by atoms with Crippen LogP contribution in [0.15, 0.2) is 29.7 Å². The second-order valence-corrected chi connectivity index (χ2v) is 3.53. The van der Waals surface area contributed by atoms with Crippen molar-refractivity contribution in [2.75, 3.05) is 5.32 Å². The largest absolute Gasteiger partial charge is 0.370 e. The van der Waals surface area contributed by atoms with E-state index in [1.165, 1.54) is 18.5 Å². The Bertz CT molecular complexity index is 554. The van der Waals surface area contributed by atoms with Crippen molar-refractivity contribution in [2.24, 2.45) is 11.0 Å². The molecule has 8 nitrogen and oxygen atoms in total. The molecule has 0 saturated heterocycles. The van der Waals surface area contributed by atoms with Gasteiger partial charge in [0.1, 0.15) is 6.04 Å². The Morgan fingerprint density at radius 1 is 1.50 bits per heavy atom. The Morgan fingerprint density at radius 2 is 2.28 bits per heavy atom. The van der Waals surface area contributed by atoms with Gasteiger partial charge in [-0.3, -0.25) is 20.0 Å². The quantitative estimate of drug-likeness (QED) is 0.281. The van der Waals surface area contributed by atoms with Gasteiger partial charge in [-0.15, -0.1) is 4.91 Å². The van der Waals surface area contributed by atoms with Crippen molar-refractivity contribution >= 4 is 23.1 Å². The summed E-state index contributed by atoms with van der Waals surface area (Å²) in [6, 6.07) is 0.739. The summed E-state index contributed by atoms with van der Waals surface area (Å²) < 4.78 is 0. The molecule has 0 aromatic carbocycles. The fourth-order valence-corrected chi connectivity index (χ4v) is 1.67. The number of hydrogen-bond donors (Lipinski definition) is 3. The number of aromatic nitrogens is 1. The molecule has 0 saturated carbocycles. The summed E-state index contributed by atoms with van der Waals surface area (Å²) in [4.78, 5) is 37.1. The molecule has 0 fully saturated rings. The van der Waals surface area contributed by atoms with Crippen LogP contribution in [0.25, 0.3) is 5.57 Å². The summed E-state index contributed by atoms with van der Waals surface area (Å²) in [5.74, 6) is 3.53. The van der Waals surface area contributed by atoms with Crippen molar-refractivity contribution in [3.8, 4) is 0 Å². The molecule has 2 amide bonds. The molecule has 0 radical (unpaired) electrons. The minimum atomic E-state index is -0.958. The van der Waals surface area contributed by atoms with E-state index in [-0.39, 0.29) is 5.57 Å². The predicted molar refractivity (Wildman–Crippen MR) is 62.8 cm³/mol. The van der Waals surface area contributed by atoms with Gasteiger partial charge < -0.3 is 5.32 Å². The zero-order valence-corrected chi connectivity index (χ0v) is 9.08. The van der Waals surface area contributed by atoms with Crippen LogP contribution in [0, 0.1) is 4.91 Å². The van der Waals surface area contributed by atoms with E-state index in [1.807, 2.05) is 5.43 Å². The maximum Gasteiger partial charge on any atom is 0.317 e. The summed E-state index contributed by atoms with van der Waals surface area (Å²) in [5.41, 5.74) is 2.92. The molecule has 4 N–H and O–H groups in total. The van der Waals surface area contributed by atoms with Crippen LogP contribution < -0.4 is 16.6 Å². The number of nitrogens with two attached hydrogens (primary N) is 1. The van der Waals surface area contributed by atoms with Gasteiger partial charge in [-0.05, 0) is 12.1 Å². The normalized spacial score (nSPS) is 16.9. The van der Waals surface area contributed by atoms with Gasteiger partial charge in [0.25, 0.3) is 5.91 Å². The molecule has 0 bridgehead atoms. The van der Waals surface area contributed by atoms with Crippen molar-refractivity contribution in [1.29, 1.82) is 0 Å². The number of rotatable bonds is 2. The van der Waals surface area contributed by atoms with Crippen LogP contribution in [0.4, 0.5) is 5.69 Å². The third-order valence-corrected chi connectivity index (χ3v) is 2.49. The first-order valence-electron chi connectivity index (χ1n) is 4.98. The number of nitrogens with zero attached hydrogens (tertiary/aromatic N) is 2. The maximum absolute atomic E-state index is 11.5. The van der Waals surface area contributed by atoms with Crippen LogP contribution in [0.3, 0.4) is 0 Å². The van der Waals surface area contributed by atoms with Crippen molar-refractivity contribution in [3.05, 3.63) is 35.0 Å². The summed E-state index contributed by atoms with van der Waals surface area (Å²) >= 11 is 0. The third-order valence-electron chi connectivity index (χ3n) is 2.49. The number of nitroso groups, excluding NO2 is 1. The van der Waals surface area contributed by atoms with E-state index >= 15 is 0 Å². The third kappa shape index (κ3) is 1.96. The minimum absolute atomic E-state index is 0.0282. The Labute approximate surface area is 101 Å². The van der Waals surface area contributed by atoms with E-state index < -0.39 is 17.9 Å². The Morgan fingerprint density at radius 3 is 2.94 bits per heavy atom. The maximum atomic E-state index is 11.5. The van der Waals surface area contributed by atoms with Crippen molar-refractivity contribution in [1.82, 2.24) is 10.4 Å². The number of nitrogens with one attached hydrogen (secondary N) is 2. The van der Waals surface area contributed by atoms with Gasteiger partial charge in [-0.1, -0.05) is 0 Å². The average Bonchev–Trinajstić information content (AvgIpc) is 2.44. The topological polar surface area (TPSA) is 127 Å². The molecule has 92 valence electrons. The number of carbonyl (C=O) groups is 2. The lowest BCUT2D eigenvalue weighted by Crippen LogP contribution is -2.43. The zero-order chi connectivity index (χ0) is 13.1. The molecule has 2 rings (SSSR count). The number of hydrogen-bond acceptors (Lipinski definition) is 6. The van der Waals surface area contributed by atoms with Gasteiger partial charge >= 0.3 is 5.91 Å². The van der Waals surface area contributed by atoms with Crippen molar-refractivity contribution in [2.45, 2.75) is 6.04 Å². The number of anilines is 1. The lowest BCUT2D eigenvalue weighted by Gasteiger charge is -2.23. The molecule has 18 heavy (non-hydrogen) atoms. The highest BCUT2D eigenvalue weighted by Crippen LogP contribution is 2.29. The van der Waals surface area contributed by atoms with E-state index in [9.17, 15) is 14.5 Å². The summed E-state index contributed by atoms with van der Waals surface area (Å²) in [7, 11) is 0. The lowest BCUT2D eigenvalue weighted by atomic mass is 9.98. The number of fused-ring (bicyclic) bond motifs is 1. The van der Waals surface area contributed by atoms with Gasteiger partial charge in [0.05, 0.1) is 5.57 Å². The molecule has 1 unspecified atom stereocenters. The molecular weight excluding hydrogens is 238 g/mol. The van der Waals surface area contributed by atoms with E-state index in [0.717, 1.165) is 0 Å². The molecule has 1 aliphatic heterocycles. The van der Waals surface area contributed by atoms with E-state index in [0.29, 0.717) is 11.3 Å². The number of pyridine rings is 1. The van der Waals surface area contributed by atoms with Gasteiger partial charge in [-0.25, -0.2) is 5.84 Å². The standard InChI is InChI=1S/C10H9N5O3/c11-14-10(17)8-3-5(9(16)15-18)6-4-12-2-1-7(6)13-8/h1-4,8,13H,11H2,(H,14,17). The molecule has 1 aliphatic rings. The number of carbonyl (C=O) groups excluding carboxylic acids is 2. The van der Waals surface area contributed by atoms with Gasteiger partial charge in [-0.2, -0.15) is 0 Å². The van der Waals surface area contributed by atoms with Gasteiger partial charge in [0, 0.05) is 28.8 Å². The van der Waals surface area contributed by atoms with Crippen molar-refractivity contribution < 1.29 is 9.59 Å². The zero-order valence-electron chi connectivity index (χ0n) is 9.08. The minimum Gasteiger partial charge on any atom is -0.370 e. The average molecular weight is 247 g/mol. The second kappa shape index (κ2) is 4.72. The van der Waals surface area contributed by atoms with Crippen LogP contribution >= 0.6 is 0 Å². The summed E-state index contributed by atoms with van der Waals surface area (Å²) in [6.45, 7) is 0. The van der Waals surface area contributed by atoms with E-state index in [4.69, 9.17) is 5.84 Å². The fraction of sp³-hybridized carbons (Fsp3) is 0.100. The first-order valence-corrected chi connectivity index (χ1v) is 4.98. The highest BCUT2D eigenvalue weighted by atomic mass is 16.3. The molecule has 8 heteroatoms. The summed E-state index contributed by atoms with van der Waals surface area (Å²) in [6.07, 6.45) is 4.19. The Kier molecular flexibility index (Phi) is 3.11. The lowest BCUT2D eigenvalue weighted by molar-refractivity contribution is -0.121. The highest BCUT2D eigenvalue weighted by molar-refractivity contribution is 6.23. The summed E-state index contributed by atoms with van der Waals surface area (Å²) in [5, 5.41) is 5.21. The Balaban J connectivity index is 2.49. The Hall–Kier alpha value is -2.61. The molecule has 0 aliphatic carbocycles. The van der Waals surface area contributed by atoms with Crippen LogP contribution in [0.5, 0.6) is 0 Å². The molecule has 1 aromatic heterocycles. The smallest absolute Gasteiger partial charge is 0.317 e. The monoisotopic (exact) mass is 247 g/mol. The molecule has 0 spiro atoms. The molecular formula is C10H9N5O3. The highest BCUT2D eigenvalue weighted by Gasteiger charge is 2.27. The van der Waals surface area contributed by atoms with Gasteiger partial charge in [0.15, 0.2) is 0 Å². The van der Waals surface area contributed by atoms with Crippen LogP contribution in [0.2, 0.25) is 0 Å². The molecule has 1 aromatic rings. The fourth-order valence-electron chi connectivity index (χ4n) is 1.67. The molecule has 1 atom stereocenters. The van der Waals surface area contributed by atoms with E-state index in [2.05, 4.69) is 15.5 Å². The van der Waals surface area contributed by atoms with Crippen LogP contribution in [0.1, 0.15) is 5.56 Å². The van der Waals surface area contributed by atoms with Crippen LogP contribution in [-0.4, -0.2) is 22.8 Å². The number of hydrazine groups is 1. The predicted octanol–water partition coefficient (Wildman–Crippen LogP) is -0.458.